The highest BCUT2D eigenvalue weighted by molar-refractivity contribution is 5.95. The second kappa shape index (κ2) is 15.0. The predicted molar refractivity (Wildman–Crippen MR) is 158 cm³/mol. The molecule has 0 aliphatic heterocycles. The number of carbonyl (C=O) groups excluding carboxylic acids is 5. The van der Waals surface area contributed by atoms with E-state index in [1.54, 1.807) is 40.8 Å². The summed E-state index contributed by atoms with van der Waals surface area (Å²) in [6, 6.07) is 2.50. The molecule has 0 unspecified atom stereocenters. The van der Waals surface area contributed by atoms with Crippen LogP contribution in [0.3, 0.4) is 0 Å². The molecule has 0 aliphatic rings. The summed E-state index contributed by atoms with van der Waals surface area (Å²) < 4.78 is 5.24. The van der Waals surface area contributed by atoms with Crippen LogP contribution in [0, 0.1) is 5.92 Å². The minimum Gasteiger partial charge on any atom is -0.480 e. The Morgan fingerprint density at radius 3 is 2.12 bits per heavy atom. The van der Waals surface area contributed by atoms with Gasteiger partial charge in [-0.3, -0.25) is 19.2 Å². The van der Waals surface area contributed by atoms with Crippen molar-refractivity contribution in [1.29, 1.82) is 0 Å². The molecule has 0 saturated carbocycles. The first-order chi connectivity index (χ1) is 20.0. The zero-order chi connectivity index (χ0) is 32.5. The number of ether oxygens (including phenoxy) is 1. The number of carboxylic acids is 1. The highest BCUT2D eigenvalue weighted by Gasteiger charge is 2.32. The van der Waals surface area contributed by atoms with Crippen LogP contribution < -0.4 is 27.0 Å². The van der Waals surface area contributed by atoms with Crippen molar-refractivity contribution < 1.29 is 38.6 Å². The van der Waals surface area contributed by atoms with Gasteiger partial charge in [-0.15, -0.1) is 0 Å². The van der Waals surface area contributed by atoms with Gasteiger partial charge in [0.1, 0.15) is 29.8 Å². The molecule has 2 aromatic rings. The van der Waals surface area contributed by atoms with Crippen LogP contribution in [0.5, 0.6) is 0 Å². The lowest BCUT2D eigenvalue weighted by Crippen LogP contribution is -2.58. The minimum absolute atomic E-state index is 0.00531. The third-order valence-electron chi connectivity index (χ3n) is 6.40. The molecule has 14 nitrogen and oxygen atoms in total. The molecule has 2 rings (SSSR count). The third-order valence-corrected chi connectivity index (χ3v) is 6.40. The Balaban J connectivity index is 2.31. The molecule has 1 aromatic heterocycles. The maximum atomic E-state index is 13.5. The standard InChI is InChI=1S/C29H42N6O8/c1-15(2)23(27(40)41)35-24(37)16(3)32-26(39)21(13-17-14-31-19-10-8-7-9-18(17)19)33-25(38)20(11-12-22(30)36)34-28(42)43-29(4,5)6/h7-10,14-16,20-21,23,31H,11-13H2,1-6H3,(H2,30,36)(H,32,39)(H,33,38)(H,34,42)(H,35,37)(H,40,41)/t16-,20-,21-,23-/m0/s1. The SMILES string of the molecule is CC(C)[C@H](NC(=O)[C@H](C)NC(=O)[C@H](Cc1c[nH]c2ccccc12)NC(=O)[C@H](CCC(N)=O)NC(=O)OC(C)(C)C)C(=O)O. The topological polar surface area (TPSA) is 222 Å². The Morgan fingerprint density at radius 2 is 1.53 bits per heavy atom. The molecule has 1 heterocycles. The van der Waals surface area contributed by atoms with Crippen LogP contribution in [0.25, 0.3) is 10.9 Å². The summed E-state index contributed by atoms with van der Waals surface area (Å²) in [5, 5.41) is 20.2. The van der Waals surface area contributed by atoms with Crippen molar-refractivity contribution >= 4 is 46.6 Å². The van der Waals surface area contributed by atoms with Crippen LogP contribution in [0.1, 0.15) is 59.9 Å². The number of hydrogen-bond acceptors (Lipinski definition) is 7. The van der Waals surface area contributed by atoms with Gasteiger partial charge in [-0.1, -0.05) is 32.0 Å². The van der Waals surface area contributed by atoms with E-state index in [4.69, 9.17) is 10.5 Å². The zero-order valence-electron chi connectivity index (χ0n) is 25.3. The van der Waals surface area contributed by atoms with Gasteiger partial charge in [0, 0.05) is 29.9 Å². The van der Waals surface area contributed by atoms with Crippen molar-refractivity contribution in [2.45, 2.75) is 90.6 Å². The maximum absolute atomic E-state index is 13.5. The minimum atomic E-state index is -1.27. The van der Waals surface area contributed by atoms with Crippen molar-refractivity contribution in [1.82, 2.24) is 26.3 Å². The molecule has 8 N–H and O–H groups in total. The van der Waals surface area contributed by atoms with Gasteiger partial charge in [0.25, 0.3) is 0 Å². The maximum Gasteiger partial charge on any atom is 0.408 e. The van der Waals surface area contributed by atoms with Crippen LogP contribution in [0.4, 0.5) is 4.79 Å². The molecular formula is C29H42N6O8. The van der Waals surface area contributed by atoms with E-state index >= 15 is 0 Å². The Labute approximate surface area is 249 Å². The van der Waals surface area contributed by atoms with E-state index in [1.807, 2.05) is 24.3 Å². The Hall–Kier alpha value is -4.62. The molecule has 5 amide bonds. The lowest BCUT2D eigenvalue weighted by atomic mass is 10.0. The fraction of sp³-hybridized carbons (Fsp3) is 0.517. The molecule has 236 valence electrons. The van der Waals surface area contributed by atoms with E-state index in [1.165, 1.54) is 6.92 Å². The van der Waals surface area contributed by atoms with Crippen LogP contribution in [-0.4, -0.2) is 75.6 Å². The lowest BCUT2D eigenvalue weighted by molar-refractivity contribution is -0.143. The number of carbonyl (C=O) groups is 6. The molecule has 0 radical (unpaired) electrons. The van der Waals surface area contributed by atoms with Gasteiger partial charge in [-0.2, -0.15) is 0 Å². The van der Waals surface area contributed by atoms with Crippen molar-refractivity contribution in [2.75, 3.05) is 0 Å². The summed E-state index contributed by atoms with van der Waals surface area (Å²) in [4.78, 5) is 78.2. The fourth-order valence-electron chi connectivity index (χ4n) is 4.18. The van der Waals surface area contributed by atoms with E-state index in [2.05, 4.69) is 26.3 Å². The smallest absolute Gasteiger partial charge is 0.408 e. The molecule has 0 bridgehead atoms. The average Bonchev–Trinajstić information content (AvgIpc) is 3.30. The zero-order valence-corrected chi connectivity index (χ0v) is 25.3. The number of rotatable bonds is 14. The second-order valence-electron chi connectivity index (χ2n) is 11.6. The number of nitrogens with two attached hydrogens (primary N) is 1. The summed E-state index contributed by atoms with van der Waals surface area (Å²) in [6.07, 6.45) is 0.390. The van der Waals surface area contributed by atoms with Crippen molar-refractivity contribution in [3.63, 3.8) is 0 Å². The van der Waals surface area contributed by atoms with E-state index < -0.39 is 71.4 Å². The van der Waals surface area contributed by atoms with E-state index in [0.29, 0.717) is 5.56 Å². The number of aromatic nitrogens is 1. The number of benzene rings is 1. The molecule has 0 spiro atoms. The first-order valence-electron chi connectivity index (χ1n) is 13.9. The molecular weight excluding hydrogens is 560 g/mol. The van der Waals surface area contributed by atoms with E-state index in [0.717, 1.165) is 10.9 Å². The van der Waals surface area contributed by atoms with Gasteiger partial charge in [0.05, 0.1) is 0 Å². The number of aliphatic carboxylic acids is 1. The summed E-state index contributed by atoms with van der Waals surface area (Å²) >= 11 is 0. The lowest BCUT2D eigenvalue weighted by Gasteiger charge is -2.26. The number of primary amides is 1. The number of hydrogen-bond donors (Lipinski definition) is 7. The quantitative estimate of drug-likeness (QED) is 0.165. The van der Waals surface area contributed by atoms with Gasteiger partial charge >= 0.3 is 12.1 Å². The fourth-order valence-corrected chi connectivity index (χ4v) is 4.18. The molecule has 14 heteroatoms. The molecule has 0 fully saturated rings. The molecule has 4 atom stereocenters. The molecule has 0 saturated heterocycles. The van der Waals surface area contributed by atoms with Crippen molar-refractivity contribution in [3.8, 4) is 0 Å². The van der Waals surface area contributed by atoms with Crippen molar-refractivity contribution in [2.24, 2.45) is 11.7 Å². The number of carboxylic acid groups (broad SMARTS) is 1. The first-order valence-corrected chi connectivity index (χ1v) is 13.9. The van der Waals surface area contributed by atoms with E-state index in [9.17, 15) is 33.9 Å². The summed E-state index contributed by atoms with van der Waals surface area (Å²) in [7, 11) is 0. The normalized spacial score (nSPS) is 14.2. The molecule has 0 aliphatic carbocycles. The first kappa shape index (κ1) is 34.6. The molecule has 1 aromatic carbocycles. The summed E-state index contributed by atoms with van der Waals surface area (Å²) in [5.74, 6) is -4.56. The van der Waals surface area contributed by atoms with Crippen LogP contribution in [-0.2, 0) is 35.1 Å². The monoisotopic (exact) mass is 602 g/mol. The number of aromatic amines is 1. The van der Waals surface area contributed by atoms with Gasteiger partial charge in [-0.25, -0.2) is 9.59 Å². The number of amides is 5. The summed E-state index contributed by atoms with van der Waals surface area (Å²) in [6.45, 7) is 9.58. The third kappa shape index (κ3) is 10.9. The summed E-state index contributed by atoms with van der Waals surface area (Å²) in [5.41, 5.74) is 5.89. The average molecular weight is 603 g/mol. The Kier molecular flexibility index (Phi) is 12.1. The van der Waals surface area contributed by atoms with Crippen LogP contribution in [0.2, 0.25) is 0 Å². The van der Waals surface area contributed by atoms with Gasteiger partial charge in [0.15, 0.2) is 0 Å². The largest absolute Gasteiger partial charge is 0.480 e. The van der Waals surface area contributed by atoms with Gasteiger partial charge in [0.2, 0.25) is 23.6 Å². The number of fused-ring (bicyclic) bond motifs is 1. The number of nitrogens with one attached hydrogen (secondary N) is 5. The number of para-hydroxylation sites is 1. The van der Waals surface area contributed by atoms with Crippen molar-refractivity contribution in [3.05, 3.63) is 36.0 Å². The van der Waals surface area contributed by atoms with Crippen LogP contribution in [0.15, 0.2) is 30.5 Å². The van der Waals surface area contributed by atoms with Gasteiger partial charge < -0.3 is 41.8 Å². The second-order valence-corrected chi connectivity index (χ2v) is 11.6. The van der Waals surface area contributed by atoms with Gasteiger partial charge in [-0.05, 0) is 51.7 Å². The predicted octanol–water partition coefficient (Wildman–Crippen LogP) is 1.08. The number of H-pyrrole nitrogens is 1. The van der Waals surface area contributed by atoms with E-state index in [-0.39, 0.29) is 19.3 Å². The highest BCUT2D eigenvalue weighted by Crippen LogP contribution is 2.19. The van der Waals surface area contributed by atoms with Crippen LogP contribution >= 0.6 is 0 Å². The molecule has 43 heavy (non-hydrogen) atoms. The number of alkyl carbamates (subject to hydrolysis) is 1. The Morgan fingerprint density at radius 1 is 0.907 bits per heavy atom. The Bertz CT molecular complexity index is 1330. The highest BCUT2D eigenvalue weighted by atomic mass is 16.6.